The molecule has 1 N–H and O–H groups in total. The Labute approximate surface area is 125 Å². The van der Waals surface area contributed by atoms with Gasteiger partial charge in [-0.1, -0.05) is 17.7 Å². The number of carboxylic acid groups (broad SMARTS) is 1. The minimum Gasteiger partial charge on any atom is -0.493 e. The predicted octanol–water partition coefficient (Wildman–Crippen LogP) is 3.01. The van der Waals surface area contributed by atoms with Gasteiger partial charge in [-0.2, -0.15) is 0 Å². The highest BCUT2D eigenvalue weighted by atomic mass is 16.5. The summed E-state index contributed by atoms with van der Waals surface area (Å²) in [5.41, 5.74) is 2.47. The van der Waals surface area contributed by atoms with Crippen LogP contribution in [-0.2, 0) is 4.79 Å². The Morgan fingerprint density at radius 1 is 1.33 bits per heavy atom. The van der Waals surface area contributed by atoms with Gasteiger partial charge in [0.1, 0.15) is 5.75 Å². The number of aryl methyl sites for hydroxylation is 1. The molecule has 2 unspecified atom stereocenters. The number of hydrogen-bond donors (Lipinski definition) is 1. The van der Waals surface area contributed by atoms with E-state index in [9.17, 15) is 9.90 Å². The van der Waals surface area contributed by atoms with Gasteiger partial charge in [0, 0.05) is 18.2 Å². The summed E-state index contributed by atoms with van der Waals surface area (Å²) in [4.78, 5) is 13.7. The number of fused-ring (bicyclic) bond motifs is 1. The molecule has 2 aliphatic heterocycles. The Bertz CT molecular complexity index is 529. The summed E-state index contributed by atoms with van der Waals surface area (Å²) in [7, 11) is 0. The lowest BCUT2D eigenvalue weighted by Crippen LogP contribution is -2.40. The van der Waals surface area contributed by atoms with E-state index in [4.69, 9.17) is 4.74 Å². The van der Waals surface area contributed by atoms with Crippen molar-refractivity contribution >= 4 is 5.97 Å². The van der Waals surface area contributed by atoms with Crippen molar-refractivity contribution in [3.8, 4) is 5.75 Å². The number of benzene rings is 1. The average molecular weight is 289 g/mol. The molecule has 1 fully saturated rings. The van der Waals surface area contributed by atoms with Crippen molar-refractivity contribution in [2.24, 2.45) is 5.92 Å². The third-order valence-electron chi connectivity index (χ3n) is 4.65. The largest absolute Gasteiger partial charge is 0.493 e. The summed E-state index contributed by atoms with van der Waals surface area (Å²) in [6.07, 6.45) is 3.83. The fraction of sp³-hybridized carbons (Fsp3) is 0.588. The molecule has 0 radical (unpaired) electrons. The van der Waals surface area contributed by atoms with Crippen LogP contribution < -0.4 is 4.74 Å². The molecule has 2 aliphatic rings. The van der Waals surface area contributed by atoms with Crippen molar-refractivity contribution in [3.63, 3.8) is 0 Å². The van der Waals surface area contributed by atoms with Gasteiger partial charge in [0.05, 0.1) is 12.5 Å². The van der Waals surface area contributed by atoms with Crippen molar-refractivity contribution in [1.29, 1.82) is 0 Å². The minimum atomic E-state index is -0.658. The van der Waals surface area contributed by atoms with Crippen molar-refractivity contribution in [2.45, 2.75) is 38.6 Å². The molecule has 4 heteroatoms. The average Bonchev–Trinajstić information content (AvgIpc) is 2.69. The fourth-order valence-corrected chi connectivity index (χ4v) is 3.54. The number of nitrogens with zero attached hydrogens (tertiary/aromatic N) is 1. The maximum Gasteiger partial charge on any atom is 0.307 e. The van der Waals surface area contributed by atoms with E-state index in [1.165, 1.54) is 11.1 Å². The van der Waals surface area contributed by atoms with E-state index in [2.05, 4.69) is 30.0 Å². The maximum atomic E-state index is 11.3. The van der Waals surface area contributed by atoms with Crippen LogP contribution in [0.2, 0.25) is 0 Å². The number of hydrogen-bond acceptors (Lipinski definition) is 3. The Balaban J connectivity index is 1.87. The molecule has 1 aromatic carbocycles. The van der Waals surface area contributed by atoms with E-state index < -0.39 is 5.97 Å². The Hall–Kier alpha value is -1.55. The number of ether oxygens (including phenoxy) is 1. The molecule has 0 amide bonds. The summed E-state index contributed by atoms with van der Waals surface area (Å²) in [6, 6.07) is 6.64. The molecule has 4 nitrogen and oxygen atoms in total. The van der Waals surface area contributed by atoms with Gasteiger partial charge in [0.25, 0.3) is 0 Å². The van der Waals surface area contributed by atoms with Gasteiger partial charge in [0.15, 0.2) is 0 Å². The van der Waals surface area contributed by atoms with Crippen LogP contribution >= 0.6 is 0 Å². The SMILES string of the molecule is Cc1ccc2c(c1)C(N1CCCC(C(=O)O)C1)CCCO2. The van der Waals surface area contributed by atoms with Crippen LogP contribution in [0.15, 0.2) is 18.2 Å². The topological polar surface area (TPSA) is 49.8 Å². The number of carboxylic acids is 1. The second kappa shape index (κ2) is 6.06. The van der Waals surface area contributed by atoms with Gasteiger partial charge >= 0.3 is 5.97 Å². The van der Waals surface area contributed by atoms with E-state index in [1.807, 2.05) is 0 Å². The standard InChI is InChI=1S/C17H23NO3/c1-12-6-7-16-14(10-12)15(5-3-9-21-16)18-8-2-4-13(11-18)17(19)20/h6-7,10,13,15H,2-5,8-9,11H2,1H3,(H,19,20). The van der Waals surface area contributed by atoms with Crippen LogP contribution in [0.4, 0.5) is 0 Å². The van der Waals surface area contributed by atoms with Crippen LogP contribution in [-0.4, -0.2) is 35.7 Å². The molecule has 2 atom stereocenters. The smallest absolute Gasteiger partial charge is 0.307 e. The summed E-state index contributed by atoms with van der Waals surface area (Å²) < 4.78 is 5.86. The molecule has 0 aromatic heterocycles. The van der Waals surface area contributed by atoms with E-state index in [1.54, 1.807) is 0 Å². The zero-order valence-electron chi connectivity index (χ0n) is 12.5. The number of aliphatic carboxylic acids is 1. The minimum absolute atomic E-state index is 0.226. The summed E-state index contributed by atoms with van der Waals surface area (Å²) in [6.45, 7) is 4.50. The first-order valence-corrected chi connectivity index (χ1v) is 7.85. The highest BCUT2D eigenvalue weighted by molar-refractivity contribution is 5.70. The van der Waals surface area contributed by atoms with Crippen LogP contribution in [0.3, 0.4) is 0 Å². The van der Waals surface area contributed by atoms with Gasteiger partial charge < -0.3 is 9.84 Å². The molecular weight excluding hydrogens is 266 g/mol. The Morgan fingerprint density at radius 2 is 2.19 bits per heavy atom. The molecule has 0 aliphatic carbocycles. The van der Waals surface area contributed by atoms with Gasteiger partial charge in [0.2, 0.25) is 0 Å². The molecule has 2 heterocycles. The lowest BCUT2D eigenvalue weighted by atomic mass is 9.92. The summed E-state index contributed by atoms with van der Waals surface area (Å²) in [5, 5.41) is 9.30. The molecule has 114 valence electrons. The summed E-state index contributed by atoms with van der Waals surface area (Å²) in [5.74, 6) is 0.0887. The monoisotopic (exact) mass is 289 g/mol. The molecule has 21 heavy (non-hydrogen) atoms. The zero-order valence-corrected chi connectivity index (χ0v) is 12.5. The number of carbonyl (C=O) groups is 1. The van der Waals surface area contributed by atoms with Crippen molar-refractivity contribution in [2.75, 3.05) is 19.7 Å². The molecular formula is C17H23NO3. The predicted molar refractivity (Wildman–Crippen MR) is 80.6 cm³/mol. The summed E-state index contributed by atoms with van der Waals surface area (Å²) >= 11 is 0. The van der Waals surface area contributed by atoms with Crippen molar-refractivity contribution in [1.82, 2.24) is 4.90 Å². The molecule has 1 saturated heterocycles. The third kappa shape index (κ3) is 3.05. The van der Waals surface area contributed by atoms with Gasteiger partial charge in [-0.3, -0.25) is 9.69 Å². The second-order valence-electron chi connectivity index (χ2n) is 6.22. The first-order chi connectivity index (χ1) is 10.1. The van der Waals surface area contributed by atoms with Crippen molar-refractivity contribution < 1.29 is 14.6 Å². The van der Waals surface area contributed by atoms with Crippen molar-refractivity contribution in [3.05, 3.63) is 29.3 Å². The number of likely N-dealkylation sites (tertiary alicyclic amines) is 1. The van der Waals surface area contributed by atoms with Gasteiger partial charge in [-0.05, 0) is 45.2 Å². The van der Waals surface area contributed by atoms with E-state index in [-0.39, 0.29) is 5.92 Å². The number of rotatable bonds is 2. The fourth-order valence-electron chi connectivity index (χ4n) is 3.54. The Kier molecular flexibility index (Phi) is 4.15. The van der Waals surface area contributed by atoms with E-state index >= 15 is 0 Å². The molecule has 0 saturated carbocycles. The second-order valence-corrected chi connectivity index (χ2v) is 6.22. The van der Waals surface area contributed by atoms with Crippen LogP contribution in [0.5, 0.6) is 5.75 Å². The van der Waals surface area contributed by atoms with Gasteiger partial charge in [-0.25, -0.2) is 0 Å². The molecule has 3 rings (SSSR count). The zero-order chi connectivity index (χ0) is 14.8. The van der Waals surface area contributed by atoms with Gasteiger partial charge in [-0.15, -0.1) is 0 Å². The first-order valence-electron chi connectivity index (χ1n) is 7.85. The first kappa shape index (κ1) is 14.4. The van der Waals surface area contributed by atoms with Crippen LogP contribution in [0, 0.1) is 12.8 Å². The number of piperidine rings is 1. The van der Waals surface area contributed by atoms with E-state index in [0.29, 0.717) is 12.6 Å². The third-order valence-corrected chi connectivity index (χ3v) is 4.65. The Morgan fingerprint density at radius 3 is 3.00 bits per heavy atom. The van der Waals surface area contributed by atoms with E-state index in [0.717, 1.165) is 44.6 Å². The normalized spacial score (nSPS) is 26.5. The maximum absolute atomic E-state index is 11.3. The lowest BCUT2D eigenvalue weighted by molar-refractivity contribution is -0.144. The van der Waals surface area contributed by atoms with Crippen LogP contribution in [0.25, 0.3) is 0 Å². The molecule has 1 aromatic rings. The highest BCUT2D eigenvalue weighted by Crippen LogP contribution is 2.38. The quantitative estimate of drug-likeness (QED) is 0.909. The molecule has 0 spiro atoms. The highest BCUT2D eigenvalue weighted by Gasteiger charge is 2.32. The lowest BCUT2D eigenvalue weighted by Gasteiger charge is -2.37. The van der Waals surface area contributed by atoms with Crippen LogP contribution in [0.1, 0.15) is 42.9 Å². The molecule has 0 bridgehead atoms.